The number of piperazine rings is 1. The van der Waals surface area contributed by atoms with Gasteiger partial charge < -0.3 is 22.5 Å². The normalized spacial score (nSPS) is 17.6. The Morgan fingerprint density at radius 3 is 2.62 bits per heavy atom. The minimum atomic E-state index is -0.107. The minimum absolute atomic E-state index is 0. The van der Waals surface area contributed by atoms with Crippen molar-refractivity contribution in [3.8, 4) is 0 Å². The molecule has 0 unspecified atom stereocenters. The molecule has 78 valence electrons. The molecule has 1 aliphatic heterocycles. The third kappa shape index (κ3) is 5.08. The summed E-state index contributed by atoms with van der Waals surface area (Å²) in [5, 5.41) is 2.30. The molecule has 0 aromatic carbocycles. The highest BCUT2D eigenvalue weighted by molar-refractivity contribution is 5.69. The van der Waals surface area contributed by atoms with Gasteiger partial charge in [-0.2, -0.15) is 0 Å². The third-order valence-corrected chi connectivity index (χ3v) is 2.16. The molecule has 1 rings (SSSR count). The molecular formula is C8H17ClN2O2. The van der Waals surface area contributed by atoms with Crippen molar-refractivity contribution in [3.63, 3.8) is 0 Å². The van der Waals surface area contributed by atoms with Crippen molar-refractivity contribution in [2.24, 2.45) is 0 Å². The Morgan fingerprint density at radius 1 is 1.46 bits per heavy atom. The first-order valence-corrected chi connectivity index (χ1v) is 4.44. The second-order valence-corrected chi connectivity index (χ2v) is 3.03. The van der Waals surface area contributed by atoms with Crippen LogP contribution in [0.4, 0.5) is 0 Å². The monoisotopic (exact) mass is 208 g/mol. The Morgan fingerprint density at radius 2 is 2.08 bits per heavy atom. The Bertz CT molecular complexity index is 149. The highest BCUT2D eigenvalue weighted by atomic mass is 35.5. The number of esters is 1. The number of rotatable bonds is 3. The van der Waals surface area contributed by atoms with Gasteiger partial charge in [0.15, 0.2) is 0 Å². The van der Waals surface area contributed by atoms with E-state index in [9.17, 15) is 4.79 Å². The molecule has 0 atom stereocenters. The molecule has 0 bridgehead atoms. The van der Waals surface area contributed by atoms with Crippen LogP contribution < -0.4 is 17.7 Å². The van der Waals surface area contributed by atoms with Gasteiger partial charge >= 0.3 is 5.97 Å². The molecule has 0 saturated carbocycles. The van der Waals surface area contributed by atoms with E-state index in [1.807, 2.05) is 0 Å². The van der Waals surface area contributed by atoms with E-state index in [2.05, 4.69) is 15.0 Å². The van der Waals surface area contributed by atoms with Crippen LogP contribution in [-0.4, -0.2) is 50.7 Å². The Kier molecular flexibility index (Phi) is 6.94. The summed E-state index contributed by atoms with van der Waals surface area (Å²) in [5.74, 6) is -0.107. The smallest absolute Gasteiger partial charge is 0.306 e. The van der Waals surface area contributed by atoms with Crippen LogP contribution in [0, 0.1) is 0 Å². The number of carbonyl (C=O) groups excluding carboxylic acids is 1. The number of carbonyl (C=O) groups is 1. The third-order valence-electron chi connectivity index (χ3n) is 2.16. The van der Waals surface area contributed by atoms with Crippen LogP contribution in [0.2, 0.25) is 0 Å². The van der Waals surface area contributed by atoms with Crippen molar-refractivity contribution < 1.29 is 27.3 Å². The van der Waals surface area contributed by atoms with Crippen molar-refractivity contribution in [2.45, 2.75) is 6.42 Å². The summed E-state index contributed by atoms with van der Waals surface area (Å²) in [6, 6.07) is 0. The predicted octanol–water partition coefficient (Wildman–Crippen LogP) is -4.57. The van der Waals surface area contributed by atoms with Crippen LogP contribution in [0.5, 0.6) is 0 Å². The topological polar surface area (TPSA) is 46.1 Å². The summed E-state index contributed by atoms with van der Waals surface area (Å²) in [6.07, 6.45) is 0.524. The molecule has 0 radical (unpaired) electrons. The van der Waals surface area contributed by atoms with Crippen LogP contribution in [-0.2, 0) is 9.53 Å². The lowest BCUT2D eigenvalue weighted by Gasteiger charge is -2.24. The SMILES string of the molecule is COC(=O)CCN1CC[NH2+]CC1.[Cl-]. The summed E-state index contributed by atoms with van der Waals surface area (Å²) >= 11 is 0. The summed E-state index contributed by atoms with van der Waals surface area (Å²) in [4.78, 5) is 13.1. The standard InChI is InChI=1S/C8H16N2O2.ClH/c1-12-8(11)2-5-10-6-3-9-4-7-10;/h9H,2-7H2,1H3;1H. The maximum absolute atomic E-state index is 10.8. The maximum atomic E-state index is 10.8. The van der Waals surface area contributed by atoms with Crippen LogP contribution in [0.25, 0.3) is 0 Å². The molecule has 1 heterocycles. The van der Waals surface area contributed by atoms with Gasteiger partial charge in [-0.3, -0.25) is 9.69 Å². The van der Waals surface area contributed by atoms with Crippen molar-refractivity contribution in [2.75, 3.05) is 39.8 Å². The minimum Gasteiger partial charge on any atom is -1.00 e. The van der Waals surface area contributed by atoms with E-state index in [0.29, 0.717) is 6.42 Å². The zero-order valence-corrected chi connectivity index (χ0v) is 8.72. The van der Waals surface area contributed by atoms with Crippen LogP contribution in [0.15, 0.2) is 0 Å². The number of ether oxygens (including phenoxy) is 1. The zero-order chi connectivity index (χ0) is 8.81. The lowest BCUT2D eigenvalue weighted by Crippen LogP contribution is -3.00. The van der Waals surface area contributed by atoms with Crippen LogP contribution >= 0.6 is 0 Å². The molecule has 1 aliphatic rings. The summed E-state index contributed by atoms with van der Waals surface area (Å²) < 4.78 is 4.57. The average molecular weight is 209 g/mol. The first-order valence-electron chi connectivity index (χ1n) is 4.44. The first-order chi connectivity index (χ1) is 5.83. The van der Waals surface area contributed by atoms with E-state index in [0.717, 1.165) is 32.7 Å². The Labute approximate surface area is 85.0 Å². The highest BCUT2D eigenvalue weighted by Crippen LogP contribution is 1.92. The molecule has 1 fully saturated rings. The van der Waals surface area contributed by atoms with Crippen molar-refractivity contribution in [1.82, 2.24) is 4.90 Å². The number of nitrogens with zero attached hydrogens (tertiary/aromatic N) is 1. The number of nitrogens with two attached hydrogens (primary N) is 1. The van der Waals surface area contributed by atoms with Crippen molar-refractivity contribution >= 4 is 5.97 Å². The van der Waals surface area contributed by atoms with Gasteiger partial charge in [-0.15, -0.1) is 0 Å². The molecule has 4 nitrogen and oxygen atoms in total. The van der Waals surface area contributed by atoms with E-state index in [-0.39, 0.29) is 18.4 Å². The number of hydrogen-bond acceptors (Lipinski definition) is 3. The lowest BCUT2D eigenvalue weighted by molar-refractivity contribution is -0.663. The predicted molar refractivity (Wildman–Crippen MR) is 44.7 cm³/mol. The Balaban J connectivity index is 0.00000144. The second kappa shape index (κ2) is 7.12. The molecule has 0 amide bonds. The first kappa shape index (κ1) is 12.7. The number of methoxy groups -OCH3 is 1. The molecular weight excluding hydrogens is 192 g/mol. The van der Waals surface area contributed by atoms with Crippen LogP contribution in [0.3, 0.4) is 0 Å². The van der Waals surface area contributed by atoms with Gasteiger partial charge in [0.05, 0.1) is 26.6 Å². The largest absolute Gasteiger partial charge is 1.00 e. The maximum Gasteiger partial charge on any atom is 0.306 e. The molecule has 5 heteroatoms. The summed E-state index contributed by atoms with van der Waals surface area (Å²) in [6.45, 7) is 5.34. The van der Waals surface area contributed by atoms with E-state index >= 15 is 0 Å². The molecule has 0 aromatic rings. The van der Waals surface area contributed by atoms with Gasteiger partial charge in [-0.1, -0.05) is 0 Å². The average Bonchev–Trinajstić information content (AvgIpc) is 2.16. The van der Waals surface area contributed by atoms with Gasteiger partial charge in [-0.25, -0.2) is 0 Å². The van der Waals surface area contributed by atoms with Gasteiger partial charge in [0.25, 0.3) is 0 Å². The van der Waals surface area contributed by atoms with Gasteiger partial charge in [0.2, 0.25) is 0 Å². The summed E-state index contributed by atoms with van der Waals surface area (Å²) in [7, 11) is 1.44. The van der Waals surface area contributed by atoms with E-state index in [1.165, 1.54) is 7.11 Å². The fraction of sp³-hybridized carbons (Fsp3) is 0.875. The zero-order valence-electron chi connectivity index (χ0n) is 7.96. The molecule has 1 saturated heterocycles. The fourth-order valence-corrected chi connectivity index (χ4v) is 1.38. The van der Waals surface area contributed by atoms with Gasteiger partial charge in [-0.05, 0) is 0 Å². The van der Waals surface area contributed by atoms with E-state index in [4.69, 9.17) is 0 Å². The quantitative estimate of drug-likeness (QED) is 0.476. The number of quaternary nitrogens is 1. The number of halogens is 1. The summed E-state index contributed by atoms with van der Waals surface area (Å²) in [5.41, 5.74) is 0. The van der Waals surface area contributed by atoms with Crippen LogP contribution in [0.1, 0.15) is 6.42 Å². The fourth-order valence-electron chi connectivity index (χ4n) is 1.38. The molecule has 0 aromatic heterocycles. The molecule has 13 heavy (non-hydrogen) atoms. The lowest BCUT2D eigenvalue weighted by atomic mass is 10.3. The van der Waals surface area contributed by atoms with Gasteiger partial charge in [0, 0.05) is 19.6 Å². The molecule has 0 spiro atoms. The van der Waals surface area contributed by atoms with E-state index < -0.39 is 0 Å². The molecule has 0 aliphatic carbocycles. The number of hydrogen-bond donors (Lipinski definition) is 1. The molecule has 2 N–H and O–H groups in total. The Hall–Kier alpha value is -0.320. The van der Waals surface area contributed by atoms with Gasteiger partial charge in [0.1, 0.15) is 0 Å². The van der Waals surface area contributed by atoms with E-state index in [1.54, 1.807) is 0 Å². The highest BCUT2D eigenvalue weighted by Gasteiger charge is 2.12. The second-order valence-electron chi connectivity index (χ2n) is 3.03. The van der Waals surface area contributed by atoms with Crippen molar-refractivity contribution in [1.29, 1.82) is 0 Å². The van der Waals surface area contributed by atoms with Crippen molar-refractivity contribution in [3.05, 3.63) is 0 Å².